The summed E-state index contributed by atoms with van der Waals surface area (Å²) < 4.78 is 27.7. The lowest BCUT2D eigenvalue weighted by molar-refractivity contribution is 0.418. The molecule has 1 aliphatic carbocycles. The van der Waals surface area contributed by atoms with Crippen LogP contribution in [0.25, 0.3) is 0 Å². The van der Waals surface area contributed by atoms with Crippen LogP contribution in [0.5, 0.6) is 0 Å². The van der Waals surface area contributed by atoms with Crippen molar-refractivity contribution in [2.75, 3.05) is 5.32 Å². The fraction of sp³-hybridized carbons (Fsp3) is 0.235. The number of anilines is 1. The molecule has 0 saturated heterocycles. The highest BCUT2D eigenvalue weighted by molar-refractivity contribution is 5.60. The average molecular weight is 284 g/mol. The van der Waals surface area contributed by atoms with E-state index < -0.39 is 11.6 Å². The van der Waals surface area contributed by atoms with Gasteiger partial charge in [-0.1, -0.05) is 12.2 Å². The smallest absolute Gasteiger partial charge is 0.149 e. The predicted molar refractivity (Wildman–Crippen MR) is 76.9 cm³/mol. The van der Waals surface area contributed by atoms with Crippen LogP contribution in [0.15, 0.2) is 48.8 Å². The normalized spacial score (nSPS) is 26.1. The van der Waals surface area contributed by atoms with Gasteiger partial charge in [0.1, 0.15) is 11.6 Å². The molecule has 2 heterocycles. The van der Waals surface area contributed by atoms with Gasteiger partial charge >= 0.3 is 0 Å². The molecule has 4 heteroatoms. The molecule has 2 aromatic rings. The molecule has 1 N–H and O–H groups in total. The second-order valence-electron chi connectivity index (χ2n) is 5.61. The summed E-state index contributed by atoms with van der Waals surface area (Å²) in [7, 11) is 0. The number of rotatable bonds is 1. The highest BCUT2D eigenvalue weighted by Crippen LogP contribution is 2.50. The average Bonchev–Trinajstić information content (AvgIpc) is 2.97. The number of allylic oxidation sites excluding steroid dienone is 2. The molecule has 3 atom stereocenters. The largest absolute Gasteiger partial charge is 0.375 e. The molecule has 0 fully saturated rings. The highest BCUT2D eigenvalue weighted by Gasteiger charge is 2.39. The number of hydrogen-bond acceptors (Lipinski definition) is 2. The van der Waals surface area contributed by atoms with Gasteiger partial charge in [0.15, 0.2) is 0 Å². The minimum atomic E-state index is -0.525. The van der Waals surface area contributed by atoms with Gasteiger partial charge in [-0.15, -0.1) is 0 Å². The van der Waals surface area contributed by atoms with Crippen LogP contribution in [0, 0.1) is 17.6 Å². The summed E-state index contributed by atoms with van der Waals surface area (Å²) in [5.41, 5.74) is 2.22. The second-order valence-corrected chi connectivity index (χ2v) is 5.61. The number of fused-ring (bicyclic) bond motifs is 3. The molecule has 2 aliphatic rings. The molecular formula is C17H14F2N2. The topological polar surface area (TPSA) is 24.9 Å². The standard InChI is InChI=1S/C17H14F2N2/c18-11-8-14-12-2-1-3-13(12)16(10-4-6-20-7-5-10)21-17(14)15(19)9-11/h1-2,4-9,12-13,16,21H,3H2/t12?,13?,16-/m1/s1. The Morgan fingerprint density at radius 3 is 2.76 bits per heavy atom. The molecule has 106 valence electrons. The van der Waals surface area contributed by atoms with Crippen LogP contribution < -0.4 is 5.32 Å². The molecule has 2 unspecified atom stereocenters. The van der Waals surface area contributed by atoms with E-state index in [4.69, 9.17) is 0 Å². The number of pyridine rings is 1. The maximum Gasteiger partial charge on any atom is 0.149 e. The maximum atomic E-state index is 14.1. The van der Waals surface area contributed by atoms with Gasteiger partial charge in [0.2, 0.25) is 0 Å². The van der Waals surface area contributed by atoms with E-state index in [1.165, 1.54) is 6.07 Å². The summed E-state index contributed by atoms with van der Waals surface area (Å²) in [6.07, 6.45) is 8.55. The summed E-state index contributed by atoms with van der Waals surface area (Å²) in [6.45, 7) is 0. The van der Waals surface area contributed by atoms with Crippen LogP contribution in [0.1, 0.15) is 29.5 Å². The molecule has 0 bridgehead atoms. The Labute approximate surface area is 121 Å². The number of aromatic nitrogens is 1. The van der Waals surface area contributed by atoms with Crippen LogP contribution >= 0.6 is 0 Å². The summed E-state index contributed by atoms with van der Waals surface area (Å²) in [5, 5.41) is 3.27. The number of halogens is 2. The van der Waals surface area contributed by atoms with Gasteiger partial charge in [-0.3, -0.25) is 4.98 Å². The van der Waals surface area contributed by atoms with Crippen molar-refractivity contribution in [2.45, 2.75) is 18.4 Å². The van der Waals surface area contributed by atoms with E-state index in [9.17, 15) is 8.78 Å². The Bertz CT molecular complexity index is 712. The summed E-state index contributed by atoms with van der Waals surface area (Å²) in [4.78, 5) is 4.03. The third kappa shape index (κ3) is 1.94. The number of nitrogens with one attached hydrogen (secondary N) is 1. The molecule has 1 aromatic carbocycles. The molecule has 2 nitrogen and oxygen atoms in total. The minimum absolute atomic E-state index is 0.0143. The molecular weight excluding hydrogens is 270 g/mol. The SMILES string of the molecule is Fc1cc(F)c2c(c1)C1C=CCC1[C@@H](c1ccncc1)N2. The van der Waals surface area contributed by atoms with Crippen LogP contribution in [0.2, 0.25) is 0 Å². The van der Waals surface area contributed by atoms with Gasteiger partial charge in [0.25, 0.3) is 0 Å². The first kappa shape index (κ1) is 12.5. The monoisotopic (exact) mass is 284 g/mol. The highest BCUT2D eigenvalue weighted by atomic mass is 19.1. The van der Waals surface area contributed by atoms with Crippen LogP contribution in [-0.2, 0) is 0 Å². The van der Waals surface area contributed by atoms with Crippen LogP contribution in [0.4, 0.5) is 14.5 Å². The Morgan fingerprint density at radius 1 is 1.14 bits per heavy atom. The van der Waals surface area contributed by atoms with Crippen molar-refractivity contribution in [2.24, 2.45) is 5.92 Å². The Balaban J connectivity index is 1.84. The van der Waals surface area contributed by atoms with Crippen LogP contribution in [-0.4, -0.2) is 4.98 Å². The van der Waals surface area contributed by atoms with E-state index >= 15 is 0 Å². The van der Waals surface area contributed by atoms with Crippen molar-refractivity contribution in [3.63, 3.8) is 0 Å². The fourth-order valence-corrected chi connectivity index (χ4v) is 3.52. The van der Waals surface area contributed by atoms with Gasteiger partial charge < -0.3 is 5.32 Å². The lowest BCUT2D eigenvalue weighted by Gasteiger charge is -2.37. The molecule has 0 amide bonds. The van der Waals surface area contributed by atoms with Crippen LogP contribution in [0.3, 0.4) is 0 Å². The molecule has 1 aromatic heterocycles. The van der Waals surface area contributed by atoms with E-state index in [1.807, 2.05) is 12.1 Å². The summed E-state index contributed by atoms with van der Waals surface area (Å²) in [6, 6.07) is 6.29. The third-order valence-corrected chi connectivity index (χ3v) is 4.45. The van der Waals surface area contributed by atoms with Crippen molar-refractivity contribution >= 4 is 5.69 Å². The van der Waals surface area contributed by atoms with Crippen molar-refractivity contribution in [3.05, 3.63) is 71.6 Å². The summed E-state index contributed by atoms with van der Waals surface area (Å²) >= 11 is 0. The van der Waals surface area contributed by atoms with Gasteiger partial charge in [-0.05, 0) is 41.7 Å². The molecule has 21 heavy (non-hydrogen) atoms. The first-order valence-corrected chi connectivity index (χ1v) is 7.06. The second kappa shape index (κ2) is 4.65. The minimum Gasteiger partial charge on any atom is -0.375 e. The Hall–Kier alpha value is -2.23. The van der Waals surface area contributed by atoms with E-state index in [1.54, 1.807) is 12.4 Å². The fourth-order valence-electron chi connectivity index (χ4n) is 3.52. The van der Waals surface area contributed by atoms with E-state index in [0.29, 0.717) is 5.69 Å². The van der Waals surface area contributed by atoms with E-state index in [0.717, 1.165) is 23.6 Å². The van der Waals surface area contributed by atoms with Crippen molar-refractivity contribution in [1.29, 1.82) is 0 Å². The first-order valence-electron chi connectivity index (χ1n) is 7.06. The van der Waals surface area contributed by atoms with Crippen molar-refractivity contribution in [3.8, 4) is 0 Å². The Kier molecular flexibility index (Phi) is 2.77. The number of benzene rings is 1. The number of hydrogen-bond donors (Lipinski definition) is 1. The van der Waals surface area contributed by atoms with Gasteiger partial charge in [0.05, 0.1) is 11.7 Å². The Morgan fingerprint density at radius 2 is 1.95 bits per heavy atom. The predicted octanol–water partition coefficient (Wildman–Crippen LogP) is 4.19. The first-order chi connectivity index (χ1) is 10.2. The van der Waals surface area contributed by atoms with Gasteiger partial charge in [-0.25, -0.2) is 8.78 Å². The van der Waals surface area contributed by atoms with Crippen molar-refractivity contribution < 1.29 is 8.78 Å². The third-order valence-electron chi connectivity index (χ3n) is 4.45. The molecule has 0 saturated carbocycles. The molecule has 0 radical (unpaired) electrons. The zero-order valence-corrected chi connectivity index (χ0v) is 11.3. The summed E-state index contributed by atoms with van der Waals surface area (Å²) in [5.74, 6) is -0.706. The van der Waals surface area contributed by atoms with Crippen molar-refractivity contribution in [1.82, 2.24) is 4.98 Å². The molecule has 4 rings (SSSR count). The molecule has 1 aliphatic heterocycles. The lowest BCUT2D eigenvalue weighted by atomic mass is 9.77. The zero-order chi connectivity index (χ0) is 14.4. The van der Waals surface area contributed by atoms with Gasteiger partial charge in [-0.2, -0.15) is 0 Å². The quantitative estimate of drug-likeness (QED) is 0.794. The zero-order valence-electron chi connectivity index (χ0n) is 11.3. The number of nitrogens with zero attached hydrogens (tertiary/aromatic N) is 1. The van der Waals surface area contributed by atoms with E-state index in [-0.39, 0.29) is 17.9 Å². The van der Waals surface area contributed by atoms with Gasteiger partial charge in [0, 0.05) is 24.4 Å². The lowest BCUT2D eigenvalue weighted by Crippen LogP contribution is -2.29. The molecule has 0 spiro atoms. The maximum absolute atomic E-state index is 14.1. The van der Waals surface area contributed by atoms with E-state index in [2.05, 4.69) is 22.5 Å².